The number of phenolic OH excluding ortho intramolecular Hbond substituents is 1. The number of nitrogens with two attached hydrogens (primary N) is 1. The van der Waals surface area contributed by atoms with E-state index in [0.717, 1.165) is 12.0 Å². The molecule has 1 unspecified atom stereocenters. The van der Waals surface area contributed by atoms with Gasteiger partial charge in [-0.1, -0.05) is 19.1 Å². The first kappa shape index (κ1) is 12.7. The van der Waals surface area contributed by atoms with E-state index < -0.39 is 0 Å². The van der Waals surface area contributed by atoms with Crippen molar-refractivity contribution in [1.82, 2.24) is 4.90 Å². The summed E-state index contributed by atoms with van der Waals surface area (Å²) in [5.74, 6) is 0.896. The topological polar surface area (TPSA) is 61.9 Å². The smallest absolute Gasteiger partial charge is 0.192 e. The largest absolute Gasteiger partial charge is 0.508 e. The highest BCUT2D eigenvalue weighted by molar-refractivity contribution is 5.81. The summed E-state index contributed by atoms with van der Waals surface area (Å²) >= 11 is 0. The summed E-state index contributed by atoms with van der Waals surface area (Å²) in [5.41, 5.74) is 7.00. The number of nitrogens with zero attached hydrogens (tertiary/aromatic N) is 2. The van der Waals surface area contributed by atoms with Gasteiger partial charge < -0.3 is 15.7 Å². The Balaban J connectivity index is 2.46. The Morgan fingerprint density at radius 2 is 2.00 bits per heavy atom. The summed E-state index contributed by atoms with van der Waals surface area (Å²) in [6.45, 7) is 7.08. The van der Waals surface area contributed by atoms with E-state index in [0.29, 0.717) is 18.5 Å². The maximum absolute atomic E-state index is 9.42. The van der Waals surface area contributed by atoms with Gasteiger partial charge in [0, 0.05) is 6.04 Å². The molecule has 98 valence electrons. The number of hydrogen-bond acceptors (Lipinski definition) is 4. The van der Waals surface area contributed by atoms with Crippen molar-refractivity contribution in [3.05, 3.63) is 29.8 Å². The lowest BCUT2D eigenvalue weighted by molar-refractivity contribution is 0.158. The molecule has 0 saturated heterocycles. The van der Waals surface area contributed by atoms with Gasteiger partial charge in [-0.15, -0.1) is 0 Å². The second kappa shape index (κ2) is 4.52. The Morgan fingerprint density at radius 3 is 2.50 bits per heavy atom. The molecule has 0 saturated carbocycles. The maximum atomic E-state index is 9.42. The molecule has 0 amide bonds. The van der Waals surface area contributed by atoms with Crippen LogP contribution in [-0.4, -0.2) is 28.6 Å². The van der Waals surface area contributed by atoms with Gasteiger partial charge in [0.25, 0.3) is 0 Å². The summed E-state index contributed by atoms with van der Waals surface area (Å²) in [7, 11) is 0. The number of phenols is 1. The Labute approximate surface area is 108 Å². The molecule has 4 nitrogen and oxygen atoms in total. The molecule has 0 spiro atoms. The average molecular weight is 247 g/mol. The molecule has 0 fully saturated rings. The monoisotopic (exact) mass is 247 g/mol. The SMILES string of the molecule is CCC1(c2ccc(O)cc2)CN=C(N)N1C(C)C. The van der Waals surface area contributed by atoms with Crippen molar-refractivity contribution in [3.63, 3.8) is 0 Å². The second-order valence-corrected chi connectivity index (χ2v) is 5.07. The normalized spacial score (nSPS) is 23.6. The van der Waals surface area contributed by atoms with Crippen molar-refractivity contribution in [3.8, 4) is 5.75 Å². The van der Waals surface area contributed by atoms with Crippen LogP contribution in [0.15, 0.2) is 29.3 Å². The summed E-state index contributed by atoms with van der Waals surface area (Å²) in [5, 5.41) is 9.42. The molecule has 0 bridgehead atoms. The Kier molecular flexibility index (Phi) is 3.20. The molecule has 1 atom stereocenters. The van der Waals surface area contributed by atoms with Crippen molar-refractivity contribution in [2.24, 2.45) is 10.7 Å². The molecule has 1 aromatic carbocycles. The molecule has 2 rings (SSSR count). The molecule has 1 aliphatic rings. The maximum Gasteiger partial charge on any atom is 0.192 e. The van der Waals surface area contributed by atoms with Gasteiger partial charge in [0.15, 0.2) is 5.96 Å². The van der Waals surface area contributed by atoms with Crippen LogP contribution in [0.3, 0.4) is 0 Å². The van der Waals surface area contributed by atoms with E-state index in [1.54, 1.807) is 12.1 Å². The Bertz CT molecular complexity index is 453. The van der Waals surface area contributed by atoms with Crippen LogP contribution in [0.4, 0.5) is 0 Å². The van der Waals surface area contributed by atoms with Gasteiger partial charge >= 0.3 is 0 Å². The van der Waals surface area contributed by atoms with Crippen molar-refractivity contribution < 1.29 is 5.11 Å². The highest BCUT2D eigenvalue weighted by Crippen LogP contribution is 2.38. The third-order valence-electron chi connectivity index (χ3n) is 3.72. The van der Waals surface area contributed by atoms with Crippen LogP contribution in [0.2, 0.25) is 0 Å². The fourth-order valence-electron chi connectivity index (χ4n) is 2.83. The van der Waals surface area contributed by atoms with Crippen molar-refractivity contribution >= 4 is 5.96 Å². The van der Waals surface area contributed by atoms with E-state index in [9.17, 15) is 5.11 Å². The molecular weight excluding hydrogens is 226 g/mol. The van der Waals surface area contributed by atoms with E-state index in [4.69, 9.17) is 5.73 Å². The van der Waals surface area contributed by atoms with Crippen LogP contribution >= 0.6 is 0 Å². The first-order valence-electron chi connectivity index (χ1n) is 6.40. The van der Waals surface area contributed by atoms with E-state index in [1.807, 2.05) is 12.1 Å². The molecule has 18 heavy (non-hydrogen) atoms. The molecule has 1 aromatic rings. The lowest BCUT2D eigenvalue weighted by Gasteiger charge is -2.41. The van der Waals surface area contributed by atoms with Crippen LogP contribution in [0.1, 0.15) is 32.8 Å². The fraction of sp³-hybridized carbons (Fsp3) is 0.500. The van der Waals surface area contributed by atoms with Crippen LogP contribution in [0.25, 0.3) is 0 Å². The zero-order chi connectivity index (χ0) is 13.3. The summed E-state index contributed by atoms with van der Waals surface area (Å²) < 4.78 is 0. The molecule has 4 heteroatoms. The minimum absolute atomic E-state index is 0.175. The van der Waals surface area contributed by atoms with Crippen LogP contribution in [0, 0.1) is 0 Å². The van der Waals surface area contributed by atoms with Crippen LogP contribution < -0.4 is 5.73 Å². The van der Waals surface area contributed by atoms with Gasteiger partial charge in [0.2, 0.25) is 0 Å². The first-order chi connectivity index (χ1) is 8.51. The molecule has 3 N–H and O–H groups in total. The number of benzene rings is 1. The molecular formula is C14H21N3O. The zero-order valence-electron chi connectivity index (χ0n) is 11.2. The minimum Gasteiger partial charge on any atom is -0.508 e. The second-order valence-electron chi connectivity index (χ2n) is 5.07. The average Bonchev–Trinajstić information content (AvgIpc) is 2.68. The Morgan fingerprint density at radius 1 is 1.39 bits per heavy atom. The first-order valence-corrected chi connectivity index (χ1v) is 6.40. The number of rotatable bonds is 3. The Hall–Kier alpha value is -1.71. The van der Waals surface area contributed by atoms with Gasteiger partial charge in [-0.25, -0.2) is 0 Å². The van der Waals surface area contributed by atoms with Gasteiger partial charge in [-0.3, -0.25) is 4.99 Å². The van der Waals surface area contributed by atoms with Crippen molar-refractivity contribution in [2.45, 2.75) is 38.8 Å². The summed E-state index contributed by atoms with van der Waals surface area (Å²) in [6.07, 6.45) is 0.931. The minimum atomic E-state index is -0.175. The van der Waals surface area contributed by atoms with E-state index in [1.165, 1.54) is 0 Å². The lowest BCUT2D eigenvalue weighted by Crippen LogP contribution is -2.52. The van der Waals surface area contributed by atoms with Gasteiger partial charge in [0.05, 0.1) is 12.1 Å². The molecule has 1 heterocycles. The highest BCUT2D eigenvalue weighted by Gasteiger charge is 2.43. The van der Waals surface area contributed by atoms with E-state index in [2.05, 4.69) is 30.7 Å². The summed E-state index contributed by atoms with van der Waals surface area (Å²) in [6, 6.07) is 7.66. The van der Waals surface area contributed by atoms with Gasteiger partial charge in [-0.05, 0) is 38.0 Å². The van der Waals surface area contributed by atoms with Crippen molar-refractivity contribution in [1.29, 1.82) is 0 Å². The van der Waals surface area contributed by atoms with Gasteiger partial charge in [0.1, 0.15) is 5.75 Å². The van der Waals surface area contributed by atoms with Crippen molar-refractivity contribution in [2.75, 3.05) is 6.54 Å². The molecule has 0 radical (unpaired) electrons. The number of aliphatic imine (C=N–C) groups is 1. The predicted octanol–water partition coefficient (Wildman–Crippen LogP) is 2.04. The van der Waals surface area contributed by atoms with Crippen LogP contribution in [-0.2, 0) is 5.54 Å². The number of aromatic hydroxyl groups is 1. The quantitative estimate of drug-likeness (QED) is 0.859. The number of hydrogen-bond donors (Lipinski definition) is 2. The van der Waals surface area contributed by atoms with E-state index >= 15 is 0 Å². The highest BCUT2D eigenvalue weighted by atomic mass is 16.3. The predicted molar refractivity (Wildman–Crippen MR) is 73.5 cm³/mol. The third-order valence-corrected chi connectivity index (χ3v) is 3.72. The van der Waals surface area contributed by atoms with Crippen LogP contribution in [0.5, 0.6) is 5.75 Å². The standard InChI is InChI=1S/C14H21N3O/c1-4-14(11-5-7-12(18)8-6-11)9-16-13(15)17(14)10(2)3/h5-8,10,18H,4,9H2,1-3H3,(H2,15,16). The molecule has 1 aliphatic heterocycles. The third kappa shape index (κ3) is 1.82. The summed E-state index contributed by atoms with van der Waals surface area (Å²) in [4.78, 5) is 6.60. The van der Waals surface area contributed by atoms with E-state index in [-0.39, 0.29) is 11.3 Å². The molecule has 0 aliphatic carbocycles. The zero-order valence-corrected chi connectivity index (χ0v) is 11.2. The lowest BCUT2D eigenvalue weighted by atomic mass is 9.85. The number of guanidine groups is 1. The van der Waals surface area contributed by atoms with Gasteiger partial charge in [-0.2, -0.15) is 0 Å². The fourth-order valence-corrected chi connectivity index (χ4v) is 2.83. The molecule has 0 aromatic heterocycles.